The van der Waals surface area contributed by atoms with Crippen molar-refractivity contribution in [3.63, 3.8) is 0 Å². The van der Waals surface area contributed by atoms with Gasteiger partial charge < -0.3 is 4.43 Å². The first-order valence-electron chi connectivity index (χ1n) is 6.68. The average molecular weight is 264 g/mol. The van der Waals surface area contributed by atoms with E-state index in [1.54, 1.807) is 0 Å². The van der Waals surface area contributed by atoms with Crippen LogP contribution in [0.3, 0.4) is 0 Å². The highest BCUT2D eigenvalue weighted by atomic mass is 28.2. The van der Waals surface area contributed by atoms with Crippen LogP contribution in [0.1, 0.15) is 32.1 Å². The maximum atomic E-state index is 13.5. The lowest BCUT2D eigenvalue weighted by Crippen LogP contribution is -2.66. The molecule has 0 heterocycles. The molecule has 4 saturated carbocycles. The molecular formula is C12H19F3OSi. The predicted molar refractivity (Wildman–Crippen MR) is 61.3 cm³/mol. The minimum atomic E-state index is -4.17. The molecule has 0 atom stereocenters. The lowest BCUT2D eigenvalue weighted by atomic mass is 9.49. The van der Waals surface area contributed by atoms with Crippen molar-refractivity contribution in [1.82, 2.24) is 0 Å². The van der Waals surface area contributed by atoms with Gasteiger partial charge in [-0.2, -0.15) is 13.2 Å². The third kappa shape index (κ3) is 1.54. The molecule has 0 spiro atoms. The molecule has 4 rings (SSSR count). The predicted octanol–water partition coefficient (Wildman–Crippen LogP) is 2.89. The summed E-state index contributed by atoms with van der Waals surface area (Å²) >= 11 is 0. The van der Waals surface area contributed by atoms with Crippen LogP contribution in [0.15, 0.2) is 0 Å². The van der Waals surface area contributed by atoms with Gasteiger partial charge in [-0.1, -0.05) is 6.55 Å². The molecule has 1 nitrogen and oxygen atoms in total. The summed E-state index contributed by atoms with van der Waals surface area (Å²) in [6.07, 6.45) is 0.00670. The Hall–Kier alpha value is -0.0331. The topological polar surface area (TPSA) is 9.23 Å². The summed E-state index contributed by atoms with van der Waals surface area (Å²) < 4.78 is 46.1. The van der Waals surface area contributed by atoms with Crippen molar-refractivity contribution in [1.29, 1.82) is 0 Å². The lowest BCUT2D eigenvalue weighted by Gasteiger charge is -2.61. The van der Waals surface area contributed by atoms with Crippen LogP contribution < -0.4 is 0 Å². The van der Waals surface area contributed by atoms with Gasteiger partial charge in [-0.25, -0.2) is 0 Å². The lowest BCUT2D eigenvalue weighted by molar-refractivity contribution is -0.321. The van der Waals surface area contributed by atoms with E-state index in [1.807, 2.05) is 6.55 Å². The van der Waals surface area contributed by atoms with Crippen molar-refractivity contribution in [2.24, 2.45) is 23.7 Å². The number of rotatable bonds is 2. The Labute approximate surface area is 102 Å². The van der Waals surface area contributed by atoms with Gasteiger partial charge in [0.2, 0.25) is 0 Å². The van der Waals surface area contributed by atoms with Crippen LogP contribution in [0, 0.1) is 23.7 Å². The van der Waals surface area contributed by atoms with Crippen LogP contribution in [0.2, 0.25) is 6.55 Å². The van der Waals surface area contributed by atoms with Crippen molar-refractivity contribution in [3.8, 4) is 0 Å². The first-order chi connectivity index (χ1) is 7.97. The van der Waals surface area contributed by atoms with Gasteiger partial charge in [-0.15, -0.1) is 0 Å². The largest absolute Gasteiger partial charge is 0.416 e. The third-order valence-electron chi connectivity index (χ3n) is 5.18. The number of hydrogen-bond acceptors (Lipinski definition) is 1. The third-order valence-corrected chi connectivity index (χ3v) is 5.94. The van der Waals surface area contributed by atoms with Crippen LogP contribution in [0.5, 0.6) is 0 Å². The Bertz CT molecular complexity index is 287. The van der Waals surface area contributed by atoms with Crippen LogP contribution >= 0.6 is 0 Å². The van der Waals surface area contributed by atoms with Crippen LogP contribution in [-0.2, 0) is 4.43 Å². The molecule has 0 radical (unpaired) electrons. The van der Waals surface area contributed by atoms with Crippen molar-refractivity contribution in [3.05, 3.63) is 0 Å². The van der Waals surface area contributed by atoms with Gasteiger partial charge in [-0.3, -0.25) is 0 Å². The smallest absolute Gasteiger partial charge is 0.410 e. The van der Waals surface area contributed by atoms with Crippen molar-refractivity contribution < 1.29 is 17.6 Å². The fourth-order valence-corrected chi connectivity index (χ4v) is 6.02. The van der Waals surface area contributed by atoms with E-state index in [-0.39, 0.29) is 11.8 Å². The molecule has 0 aliphatic heterocycles. The summed E-state index contributed by atoms with van der Waals surface area (Å²) in [6, 6.07) is 0. The molecule has 0 aromatic rings. The van der Waals surface area contributed by atoms with Crippen LogP contribution in [0.4, 0.5) is 13.2 Å². The van der Waals surface area contributed by atoms with E-state index in [2.05, 4.69) is 0 Å². The maximum Gasteiger partial charge on any atom is 0.416 e. The molecule has 4 aliphatic rings. The molecule has 0 N–H and O–H groups in total. The maximum absolute atomic E-state index is 13.5. The van der Waals surface area contributed by atoms with E-state index in [4.69, 9.17) is 4.43 Å². The second kappa shape index (κ2) is 3.73. The second-order valence-corrected chi connectivity index (χ2v) is 6.89. The zero-order valence-electron chi connectivity index (χ0n) is 10.1. The molecule has 0 aromatic carbocycles. The van der Waals surface area contributed by atoms with Gasteiger partial charge in [0.25, 0.3) is 0 Å². The Balaban J connectivity index is 1.98. The van der Waals surface area contributed by atoms with Crippen molar-refractivity contribution >= 4 is 9.76 Å². The van der Waals surface area contributed by atoms with Crippen LogP contribution in [-0.4, -0.2) is 21.5 Å². The first-order valence-corrected chi connectivity index (χ1v) is 8.67. The number of alkyl halides is 3. The quantitative estimate of drug-likeness (QED) is 0.697. The summed E-state index contributed by atoms with van der Waals surface area (Å²) in [5.41, 5.74) is -1.75. The molecular weight excluding hydrogens is 245 g/mol. The Morgan fingerprint density at radius 3 is 1.82 bits per heavy atom. The van der Waals surface area contributed by atoms with E-state index in [9.17, 15) is 13.2 Å². The van der Waals surface area contributed by atoms with Gasteiger partial charge in [0.05, 0.1) is 0 Å². The molecule has 98 valence electrons. The van der Waals surface area contributed by atoms with Gasteiger partial charge in [-0.05, 0) is 55.8 Å². The van der Waals surface area contributed by atoms with E-state index in [0.29, 0.717) is 11.8 Å². The molecule has 0 saturated heterocycles. The second-order valence-electron chi connectivity index (χ2n) is 6.03. The average Bonchev–Trinajstić information content (AvgIpc) is 2.20. The van der Waals surface area contributed by atoms with Crippen molar-refractivity contribution in [2.45, 2.75) is 50.4 Å². The summed E-state index contributed by atoms with van der Waals surface area (Å²) in [7, 11) is -1.03. The molecule has 0 amide bonds. The number of hydrogen-bond donors (Lipinski definition) is 0. The molecule has 5 heteroatoms. The van der Waals surface area contributed by atoms with E-state index in [0.717, 1.165) is 25.7 Å². The van der Waals surface area contributed by atoms with E-state index >= 15 is 0 Å². The Morgan fingerprint density at radius 2 is 1.47 bits per heavy atom. The fraction of sp³-hybridized carbons (Fsp3) is 1.00. The molecule has 4 aliphatic carbocycles. The SMILES string of the molecule is C[SiH2]OC1(C(F)(F)F)C2CC3CC(C2)CC1C3. The highest BCUT2D eigenvalue weighted by Gasteiger charge is 2.69. The minimum absolute atomic E-state index is 0.244. The van der Waals surface area contributed by atoms with Gasteiger partial charge in [0, 0.05) is 0 Å². The first kappa shape index (κ1) is 12.0. The Kier molecular flexibility index (Phi) is 2.64. The highest BCUT2D eigenvalue weighted by molar-refractivity contribution is 6.25. The molecule has 4 fully saturated rings. The summed E-state index contributed by atoms with van der Waals surface area (Å²) in [5.74, 6) is 0.614. The molecule has 4 bridgehead atoms. The Morgan fingerprint density at radius 1 is 1.00 bits per heavy atom. The fourth-order valence-electron chi connectivity index (χ4n) is 4.90. The highest BCUT2D eigenvalue weighted by Crippen LogP contribution is 2.63. The zero-order chi connectivity index (χ0) is 12.3. The van der Waals surface area contributed by atoms with Gasteiger partial charge in [0.1, 0.15) is 0 Å². The van der Waals surface area contributed by atoms with E-state index in [1.165, 1.54) is 6.42 Å². The van der Waals surface area contributed by atoms with Gasteiger partial charge >= 0.3 is 6.18 Å². The summed E-state index contributed by atoms with van der Waals surface area (Å²) in [5, 5.41) is 0. The van der Waals surface area contributed by atoms with Crippen molar-refractivity contribution in [2.75, 3.05) is 0 Å². The van der Waals surface area contributed by atoms with Crippen LogP contribution in [0.25, 0.3) is 0 Å². The van der Waals surface area contributed by atoms with E-state index < -0.39 is 21.5 Å². The molecule has 0 unspecified atom stereocenters. The zero-order valence-corrected chi connectivity index (χ0v) is 11.5. The standard InChI is InChI=1S/C12H19F3OSi/c1-17-16-11(12(13,14)15)9-3-7-2-8(5-9)6-10(11)4-7/h7-10H,2-6,17H2,1H3. The minimum Gasteiger partial charge on any atom is -0.410 e. The molecule has 0 aromatic heterocycles. The molecule has 17 heavy (non-hydrogen) atoms. The summed E-state index contributed by atoms with van der Waals surface area (Å²) in [6.45, 7) is 1.82. The summed E-state index contributed by atoms with van der Waals surface area (Å²) in [4.78, 5) is 0. The van der Waals surface area contributed by atoms with Gasteiger partial charge in [0.15, 0.2) is 15.4 Å². The normalized spacial score (nSPS) is 49.4. The monoisotopic (exact) mass is 264 g/mol. The number of halogens is 3.